The molecule has 3 nitrogen and oxygen atoms in total. The van der Waals surface area contributed by atoms with Gasteiger partial charge in [0, 0.05) is 43.7 Å². The highest BCUT2D eigenvalue weighted by Crippen LogP contribution is 2.41. The fraction of sp³-hybridized carbons (Fsp3) is 0. The van der Waals surface area contributed by atoms with Gasteiger partial charge in [0.05, 0.1) is 22.1 Å². The smallest absolute Gasteiger partial charge is 0.160 e. The van der Waals surface area contributed by atoms with Gasteiger partial charge in [0.15, 0.2) is 5.58 Å². The zero-order valence-corrected chi connectivity index (χ0v) is 29.8. The van der Waals surface area contributed by atoms with Gasteiger partial charge in [-0.3, -0.25) is 0 Å². The highest BCUT2D eigenvalue weighted by molar-refractivity contribution is 6.21. The van der Waals surface area contributed by atoms with E-state index in [2.05, 4.69) is 197 Å². The predicted molar refractivity (Wildman–Crippen MR) is 231 cm³/mol. The van der Waals surface area contributed by atoms with E-state index >= 15 is 0 Å². The van der Waals surface area contributed by atoms with Crippen molar-refractivity contribution in [2.75, 3.05) is 0 Å². The molecule has 0 unspecified atom stereocenters. The summed E-state index contributed by atoms with van der Waals surface area (Å²) in [6.07, 6.45) is 0. The van der Waals surface area contributed by atoms with Crippen LogP contribution in [0.3, 0.4) is 0 Å². The topological polar surface area (TPSA) is 23.0 Å². The van der Waals surface area contributed by atoms with Crippen molar-refractivity contribution in [1.29, 1.82) is 0 Å². The summed E-state index contributed by atoms with van der Waals surface area (Å²) < 4.78 is 11.3. The third-order valence-corrected chi connectivity index (χ3v) is 11.5. The van der Waals surface area contributed by atoms with Gasteiger partial charge in [-0.15, -0.1) is 0 Å². The number of para-hydroxylation sites is 3. The molecule has 0 bridgehead atoms. The summed E-state index contributed by atoms with van der Waals surface area (Å²) in [5, 5.41) is 9.73. The van der Waals surface area contributed by atoms with E-state index < -0.39 is 0 Å². The fourth-order valence-corrected chi connectivity index (χ4v) is 9.00. The van der Waals surface area contributed by atoms with Crippen LogP contribution >= 0.6 is 0 Å². The molecule has 3 heteroatoms. The average Bonchev–Trinajstić information content (AvgIpc) is 3.91. The summed E-state index contributed by atoms with van der Waals surface area (Å²) in [4.78, 5) is 0. The Morgan fingerprint density at radius 3 is 1.64 bits per heavy atom. The molecule has 0 fully saturated rings. The second kappa shape index (κ2) is 11.6. The van der Waals surface area contributed by atoms with Crippen LogP contribution in [0.1, 0.15) is 0 Å². The van der Waals surface area contributed by atoms with Crippen molar-refractivity contribution >= 4 is 76.3 Å². The van der Waals surface area contributed by atoms with Gasteiger partial charge in [-0.1, -0.05) is 133 Å². The zero-order chi connectivity index (χ0) is 36.0. The number of rotatable bonds is 4. The van der Waals surface area contributed by atoms with Crippen LogP contribution in [0.2, 0.25) is 0 Å². The van der Waals surface area contributed by atoms with E-state index in [4.69, 9.17) is 4.42 Å². The molecule has 3 aromatic heterocycles. The van der Waals surface area contributed by atoms with Crippen LogP contribution in [-0.2, 0) is 0 Å². The van der Waals surface area contributed by atoms with Crippen molar-refractivity contribution in [3.63, 3.8) is 0 Å². The first-order valence-corrected chi connectivity index (χ1v) is 18.8. The summed E-state index contributed by atoms with van der Waals surface area (Å²) in [7, 11) is 0. The van der Waals surface area contributed by atoms with Gasteiger partial charge in [-0.25, -0.2) is 0 Å². The molecule has 256 valence electrons. The molecule has 12 aromatic rings. The lowest BCUT2D eigenvalue weighted by atomic mass is 9.97. The van der Waals surface area contributed by atoms with Gasteiger partial charge >= 0.3 is 0 Å². The molecular weight excluding hydrogens is 669 g/mol. The van der Waals surface area contributed by atoms with Crippen molar-refractivity contribution < 1.29 is 4.42 Å². The Kier molecular flexibility index (Phi) is 6.34. The molecule has 0 radical (unpaired) electrons. The van der Waals surface area contributed by atoms with E-state index in [9.17, 15) is 0 Å². The number of benzene rings is 9. The monoisotopic (exact) mass is 700 g/mol. The minimum Gasteiger partial charge on any atom is -0.454 e. The second-order valence-electron chi connectivity index (χ2n) is 14.5. The Morgan fingerprint density at radius 1 is 0.327 bits per heavy atom. The highest BCUT2D eigenvalue weighted by Gasteiger charge is 2.19. The van der Waals surface area contributed by atoms with Crippen LogP contribution in [0.15, 0.2) is 199 Å². The molecule has 3 heterocycles. The molecule has 0 amide bonds. The van der Waals surface area contributed by atoms with E-state index in [1.807, 2.05) is 6.07 Å². The lowest BCUT2D eigenvalue weighted by molar-refractivity contribution is 0.671. The number of aromatic nitrogens is 2. The predicted octanol–water partition coefficient (Wildman–Crippen LogP) is 14.3. The Balaban J connectivity index is 0.943. The lowest BCUT2D eigenvalue weighted by Gasteiger charge is -2.12. The van der Waals surface area contributed by atoms with E-state index in [1.54, 1.807) is 0 Å². The maximum absolute atomic E-state index is 6.56. The molecule has 12 rings (SSSR count). The SMILES string of the molecule is c1ccc2c(-c3ccc4c(c3)c3ccccc3n4-c3ccc(-c4ccc(-n5c6ccccc6c6ccc7c8ccccc8oc7c65)cc4)cc3)cccc2c1. The minimum atomic E-state index is 0.909. The van der Waals surface area contributed by atoms with Gasteiger partial charge in [-0.2, -0.15) is 0 Å². The molecule has 0 N–H and O–H groups in total. The Morgan fingerprint density at radius 2 is 0.873 bits per heavy atom. The first-order valence-electron chi connectivity index (χ1n) is 18.8. The maximum atomic E-state index is 6.56. The van der Waals surface area contributed by atoms with E-state index in [0.29, 0.717) is 0 Å². The normalized spacial score (nSPS) is 12.0. The quantitative estimate of drug-likeness (QED) is 0.179. The van der Waals surface area contributed by atoms with Gasteiger partial charge in [-0.05, 0) is 93.7 Å². The van der Waals surface area contributed by atoms with Crippen LogP contribution in [0, 0.1) is 0 Å². The molecule has 0 spiro atoms. The highest BCUT2D eigenvalue weighted by atomic mass is 16.3. The molecular formula is C52H32N2O. The van der Waals surface area contributed by atoms with Crippen LogP contribution < -0.4 is 0 Å². The van der Waals surface area contributed by atoms with Crippen LogP contribution in [0.5, 0.6) is 0 Å². The Bertz CT molecular complexity index is 3460. The van der Waals surface area contributed by atoms with Crippen molar-refractivity contribution in [3.05, 3.63) is 194 Å². The second-order valence-corrected chi connectivity index (χ2v) is 14.5. The minimum absolute atomic E-state index is 0.909. The first-order chi connectivity index (χ1) is 27.3. The largest absolute Gasteiger partial charge is 0.454 e. The van der Waals surface area contributed by atoms with Gasteiger partial charge < -0.3 is 13.6 Å². The van der Waals surface area contributed by atoms with Gasteiger partial charge in [0.1, 0.15) is 5.58 Å². The number of fused-ring (bicyclic) bond motifs is 11. The van der Waals surface area contributed by atoms with Crippen molar-refractivity contribution in [2.24, 2.45) is 0 Å². The summed E-state index contributed by atoms with van der Waals surface area (Å²) in [6, 6.07) is 70.2. The number of furan rings is 1. The Hall–Kier alpha value is -7.36. The Labute approximate surface area is 316 Å². The first kappa shape index (κ1) is 30.1. The number of hydrogen-bond acceptors (Lipinski definition) is 1. The van der Waals surface area contributed by atoms with Crippen molar-refractivity contribution in [3.8, 4) is 33.6 Å². The van der Waals surface area contributed by atoms with Gasteiger partial charge in [0.2, 0.25) is 0 Å². The van der Waals surface area contributed by atoms with Crippen LogP contribution in [0.4, 0.5) is 0 Å². The van der Waals surface area contributed by atoms with Crippen LogP contribution in [-0.4, -0.2) is 9.13 Å². The summed E-state index contributed by atoms with van der Waals surface area (Å²) >= 11 is 0. The molecule has 9 aromatic carbocycles. The van der Waals surface area contributed by atoms with Crippen molar-refractivity contribution in [1.82, 2.24) is 9.13 Å². The molecule has 0 aliphatic carbocycles. The van der Waals surface area contributed by atoms with Crippen LogP contribution in [0.25, 0.3) is 110 Å². The number of nitrogens with zero attached hydrogens (tertiary/aromatic N) is 2. The fourth-order valence-electron chi connectivity index (χ4n) is 9.00. The summed E-state index contributed by atoms with van der Waals surface area (Å²) in [6.45, 7) is 0. The van der Waals surface area contributed by atoms with Crippen molar-refractivity contribution in [2.45, 2.75) is 0 Å². The average molecular weight is 701 g/mol. The molecule has 0 saturated heterocycles. The summed E-state index contributed by atoms with van der Waals surface area (Å²) in [5.41, 5.74) is 13.6. The molecule has 55 heavy (non-hydrogen) atoms. The number of hydrogen-bond donors (Lipinski definition) is 0. The molecule has 0 aliphatic rings. The third-order valence-electron chi connectivity index (χ3n) is 11.5. The zero-order valence-electron chi connectivity index (χ0n) is 29.8. The summed E-state index contributed by atoms with van der Waals surface area (Å²) in [5.74, 6) is 0. The van der Waals surface area contributed by atoms with Gasteiger partial charge in [0.25, 0.3) is 0 Å². The molecule has 0 saturated carbocycles. The maximum Gasteiger partial charge on any atom is 0.160 e. The van der Waals surface area contributed by atoms with E-state index in [0.717, 1.165) is 44.3 Å². The lowest BCUT2D eigenvalue weighted by Crippen LogP contribution is -1.95. The molecule has 0 atom stereocenters. The third kappa shape index (κ3) is 4.44. The van der Waals surface area contributed by atoms with E-state index in [-0.39, 0.29) is 0 Å². The van der Waals surface area contributed by atoms with E-state index in [1.165, 1.54) is 65.6 Å². The standard InChI is InChI=1S/C52H32N2O/c1-2-12-39-35(10-1)11-9-16-40(39)36-24-31-49-46(32-36)42-14-4-6-17-47(42)53(49)37-25-20-33(21-26-37)34-22-27-38(28-23-34)54-48-18-7-3-13-41(48)44-29-30-45-43-15-5-8-19-50(43)55-52(45)51(44)54/h1-32H. The molecule has 0 aliphatic heterocycles.